The summed E-state index contributed by atoms with van der Waals surface area (Å²) in [4.78, 5) is 13.5. The van der Waals surface area contributed by atoms with Crippen LogP contribution in [0.5, 0.6) is 0 Å². The van der Waals surface area contributed by atoms with Gasteiger partial charge in [-0.15, -0.1) is 0 Å². The predicted octanol–water partition coefficient (Wildman–Crippen LogP) is 3.24. The van der Waals surface area contributed by atoms with E-state index in [0.29, 0.717) is 25.2 Å². The van der Waals surface area contributed by atoms with Crippen molar-refractivity contribution < 1.29 is 31.1 Å². The van der Waals surface area contributed by atoms with Gasteiger partial charge in [-0.1, -0.05) is 0 Å². The Hall–Kier alpha value is -2.39. The lowest BCUT2D eigenvalue weighted by molar-refractivity contribution is -0.143. The molecule has 0 saturated carbocycles. The van der Waals surface area contributed by atoms with Crippen molar-refractivity contribution in [3.8, 4) is 0 Å². The molecule has 0 aliphatic carbocycles. The van der Waals surface area contributed by atoms with Gasteiger partial charge in [0, 0.05) is 25.8 Å². The molecule has 0 unspecified atom stereocenters. The minimum atomic E-state index is -4.91. The minimum absolute atomic E-state index is 0.0601. The van der Waals surface area contributed by atoms with E-state index in [2.05, 4.69) is 5.32 Å². The Morgan fingerprint density at radius 3 is 2.00 bits per heavy atom. The number of nitrogens with one attached hydrogen (secondary N) is 1. The molecule has 1 saturated heterocycles. The summed E-state index contributed by atoms with van der Waals surface area (Å²) in [7, 11) is 0. The second-order valence-corrected chi connectivity index (χ2v) is 5.89. The van der Waals surface area contributed by atoms with Crippen LogP contribution >= 0.6 is 0 Å². The van der Waals surface area contributed by atoms with Gasteiger partial charge < -0.3 is 16.0 Å². The van der Waals surface area contributed by atoms with Crippen LogP contribution in [-0.4, -0.2) is 23.9 Å². The van der Waals surface area contributed by atoms with Gasteiger partial charge in [0.15, 0.2) is 0 Å². The van der Waals surface area contributed by atoms with E-state index in [1.165, 1.54) is 4.90 Å². The quantitative estimate of drug-likeness (QED) is 0.622. The number of rotatable bonds is 4. The van der Waals surface area contributed by atoms with E-state index in [1.807, 2.05) is 0 Å². The number of hydrogen-bond acceptors (Lipinski definition) is 3. The van der Waals surface area contributed by atoms with Crippen molar-refractivity contribution in [1.29, 1.82) is 0 Å². The standard InChI is InChI=1S/C16H17F6N3O/c17-15(18,19)11-5-10(6-12(7-11)16(20,21)22)8-24-9-13(23)14(26)25-3-1-2-4-25/h5-7,9,24H,1-4,8,23H2/b13-9-. The maximum atomic E-state index is 12.8. The van der Waals surface area contributed by atoms with Gasteiger partial charge in [0.2, 0.25) is 0 Å². The first-order valence-corrected chi connectivity index (χ1v) is 7.75. The average molecular weight is 381 g/mol. The second kappa shape index (κ2) is 7.46. The van der Waals surface area contributed by atoms with Crippen LogP contribution in [0.15, 0.2) is 30.1 Å². The lowest BCUT2D eigenvalue weighted by atomic mass is 10.0. The highest BCUT2D eigenvalue weighted by Crippen LogP contribution is 2.36. The zero-order valence-corrected chi connectivity index (χ0v) is 13.5. The summed E-state index contributed by atoms with van der Waals surface area (Å²) in [5, 5.41) is 2.49. The van der Waals surface area contributed by atoms with Crippen molar-refractivity contribution in [1.82, 2.24) is 10.2 Å². The molecule has 144 valence electrons. The van der Waals surface area contributed by atoms with Crippen molar-refractivity contribution >= 4 is 5.91 Å². The molecule has 10 heteroatoms. The number of hydrogen-bond donors (Lipinski definition) is 2. The third-order valence-corrected chi connectivity index (χ3v) is 3.85. The number of halogens is 6. The van der Waals surface area contributed by atoms with Crippen LogP contribution in [0.25, 0.3) is 0 Å². The number of amides is 1. The molecule has 4 nitrogen and oxygen atoms in total. The van der Waals surface area contributed by atoms with Crippen LogP contribution in [0.3, 0.4) is 0 Å². The van der Waals surface area contributed by atoms with E-state index in [1.54, 1.807) is 0 Å². The summed E-state index contributed by atoms with van der Waals surface area (Å²) in [6, 6.07) is 1.30. The third-order valence-electron chi connectivity index (χ3n) is 3.85. The van der Waals surface area contributed by atoms with Gasteiger partial charge in [0.1, 0.15) is 5.70 Å². The number of carbonyl (C=O) groups is 1. The summed E-state index contributed by atoms with van der Waals surface area (Å²) in [5.41, 5.74) is 2.43. The lowest BCUT2D eigenvalue weighted by Crippen LogP contribution is -2.32. The maximum Gasteiger partial charge on any atom is 0.416 e. The Kier molecular flexibility index (Phi) is 5.72. The van der Waals surface area contributed by atoms with E-state index in [4.69, 9.17) is 5.73 Å². The van der Waals surface area contributed by atoms with Crippen LogP contribution in [0.1, 0.15) is 29.5 Å². The van der Waals surface area contributed by atoms with Gasteiger partial charge in [-0.3, -0.25) is 4.79 Å². The Morgan fingerprint density at radius 2 is 1.54 bits per heavy atom. The largest absolute Gasteiger partial charge is 0.416 e. The fourth-order valence-corrected chi connectivity index (χ4v) is 2.56. The molecule has 1 aromatic rings. The molecule has 0 radical (unpaired) electrons. The molecular formula is C16H17F6N3O. The van der Waals surface area contributed by atoms with Crippen molar-refractivity contribution in [2.24, 2.45) is 5.73 Å². The van der Waals surface area contributed by atoms with Crippen molar-refractivity contribution in [3.63, 3.8) is 0 Å². The topological polar surface area (TPSA) is 58.4 Å². The summed E-state index contributed by atoms with van der Waals surface area (Å²) in [6.07, 6.45) is -7.00. The van der Waals surface area contributed by atoms with E-state index < -0.39 is 29.4 Å². The summed E-state index contributed by atoms with van der Waals surface area (Å²) in [6.45, 7) is 0.785. The smallest absolute Gasteiger partial charge is 0.393 e. The Bertz CT molecular complexity index is 658. The molecule has 2 rings (SSSR count). The van der Waals surface area contributed by atoms with E-state index in [-0.39, 0.29) is 23.9 Å². The zero-order chi connectivity index (χ0) is 19.5. The number of alkyl halides is 6. The molecule has 1 aliphatic heterocycles. The maximum absolute atomic E-state index is 12.8. The molecule has 1 heterocycles. The van der Waals surface area contributed by atoms with Crippen molar-refractivity contribution in [2.75, 3.05) is 13.1 Å². The number of benzene rings is 1. The number of likely N-dealkylation sites (tertiary alicyclic amines) is 1. The van der Waals surface area contributed by atoms with E-state index in [0.717, 1.165) is 19.0 Å². The average Bonchev–Trinajstić information content (AvgIpc) is 3.06. The Balaban J connectivity index is 2.13. The van der Waals surface area contributed by atoms with Crippen LogP contribution in [0.4, 0.5) is 26.3 Å². The first kappa shape index (κ1) is 19.9. The highest BCUT2D eigenvalue weighted by atomic mass is 19.4. The van der Waals surface area contributed by atoms with Crippen LogP contribution < -0.4 is 11.1 Å². The molecular weight excluding hydrogens is 364 g/mol. The van der Waals surface area contributed by atoms with Gasteiger partial charge >= 0.3 is 12.4 Å². The molecule has 0 aromatic heterocycles. The monoisotopic (exact) mass is 381 g/mol. The molecule has 0 spiro atoms. The van der Waals surface area contributed by atoms with E-state index >= 15 is 0 Å². The highest BCUT2D eigenvalue weighted by Gasteiger charge is 2.36. The van der Waals surface area contributed by atoms with Crippen LogP contribution in [0.2, 0.25) is 0 Å². The normalized spacial score (nSPS) is 16.1. The molecule has 0 bridgehead atoms. The first-order valence-electron chi connectivity index (χ1n) is 7.75. The zero-order valence-electron chi connectivity index (χ0n) is 13.5. The van der Waals surface area contributed by atoms with Gasteiger partial charge in [0.25, 0.3) is 5.91 Å². The molecule has 26 heavy (non-hydrogen) atoms. The minimum Gasteiger partial charge on any atom is -0.393 e. The first-order chi connectivity index (χ1) is 12.0. The van der Waals surface area contributed by atoms with Crippen molar-refractivity contribution in [2.45, 2.75) is 31.7 Å². The number of carbonyl (C=O) groups excluding carboxylic acids is 1. The summed E-state index contributed by atoms with van der Waals surface area (Å²) < 4.78 is 76.8. The fraction of sp³-hybridized carbons (Fsp3) is 0.438. The molecule has 1 amide bonds. The van der Waals surface area contributed by atoms with Gasteiger partial charge in [0.05, 0.1) is 11.1 Å². The molecule has 1 aromatic carbocycles. The second-order valence-electron chi connectivity index (χ2n) is 5.89. The number of nitrogens with zero attached hydrogens (tertiary/aromatic N) is 1. The van der Waals surface area contributed by atoms with Gasteiger partial charge in [-0.2, -0.15) is 26.3 Å². The Labute approximate surface area is 145 Å². The third kappa shape index (κ3) is 5.06. The van der Waals surface area contributed by atoms with E-state index in [9.17, 15) is 31.1 Å². The van der Waals surface area contributed by atoms with Crippen LogP contribution in [-0.2, 0) is 23.7 Å². The van der Waals surface area contributed by atoms with Gasteiger partial charge in [-0.25, -0.2) is 0 Å². The van der Waals surface area contributed by atoms with Crippen molar-refractivity contribution in [3.05, 3.63) is 46.8 Å². The van der Waals surface area contributed by atoms with Gasteiger partial charge in [-0.05, 0) is 36.6 Å². The fourth-order valence-electron chi connectivity index (χ4n) is 2.56. The number of nitrogens with two attached hydrogens (primary N) is 1. The SMILES string of the molecule is N/C(=C\NCc1cc(C(F)(F)F)cc(C(F)(F)F)c1)C(=O)N1CCCC1. The molecule has 3 N–H and O–H groups in total. The highest BCUT2D eigenvalue weighted by molar-refractivity contribution is 5.92. The molecule has 0 atom stereocenters. The molecule has 1 aliphatic rings. The summed E-state index contributed by atoms with van der Waals surface area (Å²) in [5.74, 6) is -0.421. The summed E-state index contributed by atoms with van der Waals surface area (Å²) >= 11 is 0. The molecule has 1 fully saturated rings. The predicted molar refractivity (Wildman–Crippen MR) is 81.4 cm³/mol. The Morgan fingerprint density at radius 1 is 1.04 bits per heavy atom. The lowest BCUT2D eigenvalue weighted by Gasteiger charge is -2.16. The van der Waals surface area contributed by atoms with Crippen LogP contribution in [0, 0.1) is 0 Å².